The first kappa shape index (κ1) is 42.6. The summed E-state index contributed by atoms with van der Waals surface area (Å²) >= 11 is 0. The molecule has 71 heavy (non-hydrogen) atoms. The minimum absolute atomic E-state index is 0.0525. The number of hydrogen-bond acceptors (Lipinski definition) is 1. The van der Waals surface area contributed by atoms with Crippen LogP contribution in [0.2, 0.25) is 0 Å². The minimum atomic E-state index is -0.215. The molecule has 2 aliphatic rings. The average molecular weight is 908 g/mol. The van der Waals surface area contributed by atoms with Crippen LogP contribution in [0.25, 0.3) is 88.7 Å². The molecule has 338 valence electrons. The molecule has 0 saturated carbocycles. The molecule has 11 aromatic rings. The predicted octanol–water partition coefficient (Wildman–Crippen LogP) is 19.3. The quantitative estimate of drug-likeness (QED) is 0.147. The van der Waals surface area contributed by atoms with Gasteiger partial charge in [-0.15, -0.1) is 0 Å². The summed E-state index contributed by atoms with van der Waals surface area (Å²) in [6.07, 6.45) is 0. The molecule has 0 radical (unpaired) electrons. The molecular formula is C70H53N. The van der Waals surface area contributed by atoms with E-state index in [1.165, 1.54) is 111 Å². The number of nitrogens with zero attached hydrogens (tertiary/aromatic N) is 1. The van der Waals surface area contributed by atoms with Crippen molar-refractivity contribution in [1.82, 2.24) is 0 Å². The van der Waals surface area contributed by atoms with Gasteiger partial charge in [-0.05, 0) is 166 Å². The molecule has 0 unspecified atom stereocenters. The number of hydrogen-bond donors (Lipinski definition) is 0. The fourth-order valence-corrected chi connectivity index (χ4v) is 11.7. The second-order valence-corrected chi connectivity index (χ2v) is 20.6. The van der Waals surface area contributed by atoms with Gasteiger partial charge in [0.25, 0.3) is 0 Å². The maximum Gasteiger partial charge on any atom is 0.0465 e. The zero-order chi connectivity index (χ0) is 47.8. The number of fused-ring (bicyclic) bond motifs is 7. The summed E-state index contributed by atoms with van der Waals surface area (Å²) in [5, 5.41) is 2.50. The highest BCUT2D eigenvalue weighted by atomic mass is 15.1. The van der Waals surface area contributed by atoms with Crippen LogP contribution in [0, 0.1) is 0 Å². The van der Waals surface area contributed by atoms with E-state index in [2.05, 4.69) is 281 Å². The van der Waals surface area contributed by atoms with Crippen molar-refractivity contribution in [3.63, 3.8) is 0 Å². The van der Waals surface area contributed by atoms with E-state index in [-0.39, 0.29) is 10.8 Å². The van der Waals surface area contributed by atoms with Gasteiger partial charge in [-0.2, -0.15) is 0 Å². The second-order valence-electron chi connectivity index (χ2n) is 20.6. The Kier molecular flexibility index (Phi) is 9.94. The normalized spacial score (nSPS) is 13.6. The molecule has 0 amide bonds. The van der Waals surface area contributed by atoms with E-state index in [4.69, 9.17) is 0 Å². The van der Waals surface area contributed by atoms with Crippen LogP contribution >= 0.6 is 0 Å². The van der Waals surface area contributed by atoms with E-state index in [0.717, 1.165) is 17.1 Å². The van der Waals surface area contributed by atoms with E-state index in [1.54, 1.807) is 0 Å². The Hall–Kier alpha value is -8.52. The fourth-order valence-electron chi connectivity index (χ4n) is 11.7. The van der Waals surface area contributed by atoms with Gasteiger partial charge in [0.05, 0.1) is 0 Å². The Morgan fingerprint density at radius 3 is 1.11 bits per heavy atom. The molecule has 0 saturated heterocycles. The van der Waals surface area contributed by atoms with E-state index in [0.29, 0.717) is 0 Å². The SMILES string of the molecule is CC1(C)c2ccccc2-c2ccc(-c3ccc(N(c4ccc(-c5ccc6ccccc6c5)cc4)c4ccc5c(c4)C(C)(C)c4cc(-c6ccc(-c7ccc(-c8ccccc8)cc7)cc6)ccc4-5)cc3)cc21. The van der Waals surface area contributed by atoms with Crippen molar-refractivity contribution in [1.29, 1.82) is 0 Å². The third-order valence-electron chi connectivity index (χ3n) is 15.7. The molecule has 0 atom stereocenters. The summed E-state index contributed by atoms with van der Waals surface area (Å²) < 4.78 is 0. The monoisotopic (exact) mass is 907 g/mol. The fraction of sp³-hybridized carbons (Fsp3) is 0.0857. The molecule has 0 heterocycles. The van der Waals surface area contributed by atoms with Gasteiger partial charge in [0.2, 0.25) is 0 Å². The first-order valence-electron chi connectivity index (χ1n) is 25.0. The van der Waals surface area contributed by atoms with E-state index in [9.17, 15) is 0 Å². The Balaban J connectivity index is 0.832. The Morgan fingerprint density at radius 1 is 0.225 bits per heavy atom. The van der Waals surface area contributed by atoms with Crippen LogP contribution in [0.5, 0.6) is 0 Å². The molecule has 13 rings (SSSR count). The summed E-state index contributed by atoms with van der Waals surface area (Å²) in [5.74, 6) is 0. The summed E-state index contributed by atoms with van der Waals surface area (Å²) in [5.41, 5.74) is 26.1. The molecule has 0 fully saturated rings. The van der Waals surface area contributed by atoms with E-state index < -0.39 is 0 Å². The first-order valence-corrected chi connectivity index (χ1v) is 25.0. The average Bonchev–Trinajstić information content (AvgIpc) is 3.80. The van der Waals surface area contributed by atoms with Crippen LogP contribution in [0.3, 0.4) is 0 Å². The van der Waals surface area contributed by atoms with Crippen molar-refractivity contribution in [3.8, 4) is 77.9 Å². The summed E-state index contributed by atoms with van der Waals surface area (Å²) in [6, 6.07) is 92.3. The van der Waals surface area contributed by atoms with Gasteiger partial charge < -0.3 is 4.90 Å². The van der Waals surface area contributed by atoms with Gasteiger partial charge >= 0.3 is 0 Å². The van der Waals surface area contributed by atoms with Gasteiger partial charge in [-0.25, -0.2) is 0 Å². The highest BCUT2D eigenvalue weighted by Crippen LogP contribution is 2.53. The molecule has 2 aliphatic carbocycles. The standard InChI is InChI=1S/C70H53N/c1-69(2)65-17-11-10-16-61(65)62-39-32-57(43-66(62)69)53-30-36-59(37-31-53)71(58-34-28-52(29-35-58)55-27-26-47-14-8-9-15-54(47)42-55)60-38-41-64-63-40-33-56(44-67(63)70(3,4)68(64)45-60)51-24-22-50(23-25-51)49-20-18-48(19-21-49)46-12-6-5-7-13-46/h5-45H,1-4H3. The van der Waals surface area contributed by atoms with Crippen LogP contribution in [-0.2, 0) is 10.8 Å². The van der Waals surface area contributed by atoms with Crippen molar-refractivity contribution in [2.45, 2.75) is 38.5 Å². The van der Waals surface area contributed by atoms with Crippen LogP contribution in [0.4, 0.5) is 17.1 Å². The Labute approximate surface area is 418 Å². The topological polar surface area (TPSA) is 3.24 Å². The molecular weight excluding hydrogens is 855 g/mol. The van der Waals surface area contributed by atoms with Crippen molar-refractivity contribution < 1.29 is 0 Å². The smallest absolute Gasteiger partial charge is 0.0465 e. The molecule has 0 N–H and O–H groups in total. The van der Waals surface area contributed by atoms with Crippen molar-refractivity contribution in [3.05, 3.63) is 271 Å². The highest BCUT2D eigenvalue weighted by molar-refractivity contribution is 5.91. The lowest BCUT2D eigenvalue weighted by molar-refractivity contribution is 0.660. The van der Waals surface area contributed by atoms with E-state index in [1.807, 2.05) is 0 Å². The van der Waals surface area contributed by atoms with E-state index >= 15 is 0 Å². The third-order valence-corrected chi connectivity index (χ3v) is 15.7. The number of benzene rings is 11. The zero-order valence-corrected chi connectivity index (χ0v) is 40.6. The van der Waals surface area contributed by atoms with Crippen LogP contribution < -0.4 is 4.90 Å². The lowest BCUT2D eigenvalue weighted by Crippen LogP contribution is -2.16. The van der Waals surface area contributed by atoms with Crippen LogP contribution in [0.1, 0.15) is 49.9 Å². The van der Waals surface area contributed by atoms with Gasteiger partial charge in [0.1, 0.15) is 0 Å². The van der Waals surface area contributed by atoms with Gasteiger partial charge in [-0.3, -0.25) is 0 Å². The van der Waals surface area contributed by atoms with Gasteiger partial charge in [-0.1, -0.05) is 222 Å². The lowest BCUT2D eigenvalue weighted by atomic mass is 9.81. The summed E-state index contributed by atoms with van der Waals surface area (Å²) in [6.45, 7) is 9.49. The van der Waals surface area contributed by atoms with Crippen molar-refractivity contribution in [2.75, 3.05) is 4.90 Å². The predicted molar refractivity (Wildman–Crippen MR) is 301 cm³/mol. The summed E-state index contributed by atoms with van der Waals surface area (Å²) in [4.78, 5) is 2.43. The molecule has 0 aliphatic heterocycles. The van der Waals surface area contributed by atoms with Crippen LogP contribution in [-0.4, -0.2) is 0 Å². The van der Waals surface area contributed by atoms with Crippen LogP contribution in [0.15, 0.2) is 249 Å². The number of rotatable bonds is 8. The first-order chi connectivity index (χ1) is 34.7. The summed E-state index contributed by atoms with van der Waals surface area (Å²) in [7, 11) is 0. The molecule has 0 bridgehead atoms. The Bertz CT molecular complexity index is 3820. The van der Waals surface area contributed by atoms with Crippen molar-refractivity contribution in [2.24, 2.45) is 0 Å². The van der Waals surface area contributed by atoms with Crippen molar-refractivity contribution >= 4 is 27.8 Å². The minimum Gasteiger partial charge on any atom is -0.310 e. The maximum absolute atomic E-state index is 2.44. The molecule has 0 aromatic heterocycles. The van der Waals surface area contributed by atoms with Gasteiger partial charge in [0.15, 0.2) is 0 Å². The third kappa shape index (κ3) is 7.23. The highest BCUT2D eigenvalue weighted by Gasteiger charge is 2.37. The number of anilines is 3. The molecule has 11 aromatic carbocycles. The maximum atomic E-state index is 2.44. The zero-order valence-electron chi connectivity index (χ0n) is 40.6. The second kappa shape index (κ2) is 16.6. The largest absolute Gasteiger partial charge is 0.310 e. The Morgan fingerprint density at radius 2 is 0.563 bits per heavy atom. The molecule has 0 spiro atoms. The van der Waals surface area contributed by atoms with Gasteiger partial charge in [0, 0.05) is 27.9 Å². The molecule has 1 heteroatoms. The molecule has 1 nitrogen and oxygen atoms in total. The lowest BCUT2D eigenvalue weighted by Gasteiger charge is -2.28.